The molecule has 6 heteroatoms. The molecule has 2 aromatic rings. The molecule has 1 saturated heterocycles. The molecule has 2 aromatic carbocycles. The molecule has 0 aliphatic carbocycles. The highest BCUT2D eigenvalue weighted by atomic mass is 16.6. The van der Waals surface area contributed by atoms with Crippen LogP contribution in [0.2, 0.25) is 0 Å². The van der Waals surface area contributed by atoms with Crippen molar-refractivity contribution in [3.05, 3.63) is 60.2 Å². The summed E-state index contributed by atoms with van der Waals surface area (Å²) in [6, 6.07) is 16.5. The Labute approximate surface area is 145 Å². The molecule has 2 amide bonds. The number of para-hydroxylation sites is 2. The minimum absolute atomic E-state index is 0.161. The number of hydrogen-bond acceptors (Lipinski definition) is 5. The molecule has 0 N–H and O–H groups in total. The molecule has 6 nitrogen and oxygen atoms in total. The van der Waals surface area contributed by atoms with Gasteiger partial charge < -0.3 is 14.2 Å². The molecular formula is C19H19NO5. The molecule has 2 atom stereocenters. The van der Waals surface area contributed by atoms with Gasteiger partial charge in [0.15, 0.2) is 23.7 Å². The molecule has 0 radical (unpaired) electrons. The van der Waals surface area contributed by atoms with Gasteiger partial charge in [-0.25, -0.2) is 0 Å². The van der Waals surface area contributed by atoms with Gasteiger partial charge in [0.2, 0.25) is 0 Å². The highest BCUT2D eigenvalue weighted by Gasteiger charge is 2.40. The Bertz CT molecular complexity index is 761. The predicted molar refractivity (Wildman–Crippen MR) is 90.3 cm³/mol. The van der Waals surface area contributed by atoms with Crippen LogP contribution in [0.3, 0.4) is 0 Å². The van der Waals surface area contributed by atoms with Gasteiger partial charge in [-0.15, -0.1) is 0 Å². The Morgan fingerprint density at radius 3 is 2.36 bits per heavy atom. The second-order valence-electron chi connectivity index (χ2n) is 5.62. The van der Waals surface area contributed by atoms with E-state index >= 15 is 0 Å². The SMILES string of the molecule is COc1ccccc1OC(c1ccccc1)C1OCC(=O)N(C)C1=O. The fourth-order valence-electron chi connectivity index (χ4n) is 2.66. The Morgan fingerprint density at radius 2 is 1.68 bits per heavy atom. The van der Waals surface area contributed by atoms with Crippen LogP contribution in [0.4, 0.5) is 0 Å². The lowest BCUT2D eigenvalue weighted by atomic mass is 10.0. The first-order chi connectivity index (χ1) is 12.1. The number of hydrogen-bond donors (Lipinski definition) is 0. The number of benzene rings is 2. The van der Waals surface area contributed by atoms with E-state index in [2.05, 4.69) is 0 Å². The summed E-state index contributed by atoms with van der Waals surface area (Å²) in [4.78, 5) is 25.3. The molecule has 130 valence electrons. The minimum atomic E-state index is -0.921. The summed E-state index contributed by atoms with van der Waals surface area (Å²) in [7, 11) is 3.00. The first kappa shape index (κ1) is 17.0. The van der Waals surface area contributed by atoms with Crippen LogP contribution in [0, 0.1) is 0 Å². The zero-order chi connectivity index (χ0) is 17.8. The molecule has 1 aliphatic rings. The fraction of sp³-hybridized carbons (Fsp3) is 0.263. The largest absolute Gasteiger partial charge is 0.493 e. The van der Waals surface area contributed by atoms with E-state index in [1.165, 1.54) is 7.05 Å². The van der Waals surface area contributed by atoms with Gasteiger partial charge in [0, 0.05) is 7.05 Å². The van der Waals surface area contributed by atoms with E-state index in [1.54, 1.807) is 19.2 Å². The second-order valence-corrected chi connectivity index (χ2v) is 5.62. The maximum atomic E-state index is 12.6. The molecule has 25 heavy (non-hydrogen) atoms. The van der Waals surface area contributed by atoms with Crippen molar-refractivity contribution in [3.8, 4) is 11.5 Å². The molecule has 0 aromatic heterocycles. The van der Waals surface area contributed by atoms with Gasteiger partial charge in [0.1, 0.15) is 6.61 Å². The third kappa shape index (κ3) is 3.49. The zero-order valence-corrected chi connectivity index (χ0v) is 14.0. The summed E-state index contributed by atoms with van der Waals surface area (Å²) in [6.45, 7) is -0.161. The van der Waals surface area contributed by atoms with E-state index in [4.69, 9.17) is 14.2 Å². The number of likely N-dealkylation sites (N-methyl/N-ethyl adjacent to an activating group) is 1. The maximum Gasteiger partial charge on any atom is 0.262 e. The lowest BCUT2D eigenvalue weighted by molar-refractivity contribution is -0.170. The van der Waals surface area contributed by atoms with Crippen molar-refractivity contribution in [2.24, 2.45) is 0 Å². The third-order valence-corrected chi connectivity index (χ3v) is 4.06. The molecule has 1 heterocycles. The van der Waals surface area contributed by atoms with Crippen LogP contribution in [0.5, 0.6) is 11.5 Å². The Balaban J connectivity index is 1.96. The molecule has 0 bridgehead atoms. The molecule has 0 saturated carbocycles. The normalized spacial score (nSPS) is 18.8. The molecule has 0 spiro atoms. The second kappa shape index (κ2) is 7.36. The van der Waals surface area contributed by atoms with Crippen LogP contribution in [0.25, 0.3) is 0 Å². The highest BCUT2D eigenvalue weighted by molar-refractivity contribution is 5.99. The minimum Gasteiger partial charge on any atom is -0.493 e. The van der Waals surface area contributed by atoms with Gasteiger partial charge in [-0.2, -0.15) is 0 Å². The summed E-state index contributed by atoms with van der Waals surface area (Å²) in [5.74, 6) is 0.247. The van der Waals surface area contributed by atoms with E-state index in [0.29, 0.717) is 11.5 Å². The first-order valence-electron chi connectivity index (χ1n) is 7.88. The summed E-state index contributed by atoms with van der Waals surface area (Å²) in [5.41, 5.74) is 0.773. The average Bonchev–Trinajstić information content (AvgIpc) is 2.66. The average molecular weight is 341 g/mol. The Hall–Kier alpha value is -2.86. The number of amides is 2. The smallest absolute Gasteiger partial charge is 0.262 e. The summed E-state index contributed by atoms with van der Waals surface area (Å²) in [5, 5.41) is 0. The van der Waals surface area contributed by atoms with Crippen LogP contribution in [0.1, 0.15) is 11.7 Å². The van der Waals surface area contributed by atoms with Gasteiger partial charge in [-0.05, 0) is 17.7 Å². The van der Waals surface area contributed by atoms with Crippen LogP contribution < -0.4 is 9.47 Å². The maximum absolute atomic E-state index is 12.6. The van der Waals surface area contributed by atoms with Gasteiger partial charge >= 0.3 is 0 Å². The van der Waals surface area contributed by atoms with E-state index < -0.39 is 18.1 Å². The number of carbonyl (C=O) groups is 2. The molecule has 1 aliphatic heterocycles. The van der Waals surface area contributed by atoms with Crippen LogP contribution >= 0.6 is 0 Å². The third-order valence-electron chi connectivity index (χ3n) is 4.06. The van der Waals surface area contributed by atoms with Gasteiger partial charge in [-0.3, -0.25) is 14.5 Å². The standard InChI is InChI=1S/C19H19NO5/c1-20-16(21)12-24-18(19(20)22)17(13-8-4-3-5-9-13)25-15-11-7-6-10-14(15)23-2/h3-11,17-18H,12H2,1-2H3. The molecule has 3 rings (SSSR count). The first-order valence-corrected chi connectivity index (χ1v) is 7.88. The van der Waals surface area contributed by atoms with Crippen molar-refractivity contribution < 1.29 is 23.8 Å². The quantitative estimate of drug-likeness (QED) is 0.780. The summed E-state index contributed by atoms with van der Waals surface area (Å²) in [6.07, 6.45) is -1.63. The van der Waals surface area contributed by atoms with Crippen molar-refractivity contribution in [1.82, 2.24) is 4.90 Å². The van der Waals surface area contributed by atoms with Gasteiger partial charge in [0.05, 0.1) is 7.11 Å². The van der Waals surface area contributed by atoms with Crippen molar-refractivity contribution in [2.45, 2.75) is 12.2 Å². The number of methoxy groups -OCH3 is 1. The zero-order valence-electron chi connectivity index (χ0n) is 14.0. The summed E-state index contributed by atoms with van der Waals surface area (Å²) < 4.78 is 17.0. The number of morpholine rings is 1. The topological polar surface area (TPSA) is 65.1 Å². The highest BCUT2D eigenvalue weighted by Crippen LogP contribution is 2.34. The molecule has 2 unspecified atom stereocenters. The summed E-state index contributed by atoms with van der Waals surface area (Å²) >= 11 is 0. The number of ether oxygens (including phenoxy) is 3. The van der Waals surface area contributed by atoms with Crippen molar-refractivity contribution in [2.75, 3.05) is 20.8 Å². The van der Waals surface area contributed by atoms with Crippen molar-refractivity contribution in [1.29, 1.82) is 0 Å². The number of carbonyl (C=O) groups excluding carboxylic acids is 2. The van der Waals surface area contributed by atoms with Crippen LogP contribution in [-0.2, 0) is 14.3 Å². The van der Waals surface area contributed by atoms with Gasteiger partial charge in [0.25, 0.3) is 11.8 Å². The molecular weight excluding hydrogens is 322 g/mol. The number of rotatable bonds is 5. The van der Waals surface area contributed by atoms with Crippen LogP contribution in [0.15, 0.2) is 54.6 Å². The van der Waals surface area contributed by atoms with E-state index in [9.17, 15) is 9.59 Å². The van der Waals surface area contributed by atoms with E-state index in [1.807, 2.05) is 42.5 Å². The molecule has 1 fully saturated rings. The predicted octanol–water partition coefficient (Wildman–Crippen LogP) is 2.20. The van der Waals surface area contributed by atoms with E-state index in [0.717, 1.165) is 10.5 Å². The fourth-order valence-corrected chi connectivity index (χ4v) is 2.66. The number of imide groups is 1. The van der Waals surface area contributed by atoms with Crippen molar-refractivity contribution in [3.63, 3.8) is 0 Å². The lowest BCUT2D eigenvalue weighted by Gasteiger charge is -2.33. The van der Waals surface area contributed by atoms with Crippen molar-refractivity contribution >= 4 is 11.8 Å². The van der Waals surface area contributed by atoms with Gasteiger partial charge in [-0.1, -0.05) is 42.5 Å². The van der Waals surface area contributed by atoms with E-state index in [-0.39, 0.29) is 12.5 Å². The monoisotopic (exact) mass is 341 g/mol. The lowest BCUT2D eigenvalue weighted by Crippen LogP contribution is -2.52. The Kier molecular flexibility index (Phi) is 5.00. The Morgan fingerprint density at radius 1 is 1.04 bits per heavy atom. The number of nitrogens with zero attached hydrogens (tertiary/aromatic N) is 1. The van der Waals surface area contributed by atoms with Crippen LogP contribution in [-0.4, -0.2) is 43.6 Å².